The number of ether oxygens (including phenoxy) is 1. The molecule has 4 nitrogen and oxygen atoms in total. The molecule has 0 radical (unpaired) electrons. The van der Waals surface area contributed by atoms with Crippen LogP contribution in [-0.2, 0) is 6.54 Å². The predicted molar refractivity (Wildman–Crippen MR) is 66.2 cm³/mol. The van der Waals surface area contributed by atoms with Crippen molar-refractivity contribution in [3.05, 3.63) is 46.9 Å². The van der Waals surface area contributed by atoms with Crippen LogP contribution >= 0.6 is 11.6 Å². The van der Waals surface area contributed by atoms with Gasteiger partial charge in [0.05, 0.1) is 18.1 Å². The van der Waals surface area contributed by atoms with Gasteiger partial charge in [0.1, 0.15) is 5.75 Å². The quantitative estimate of drug-likeness (QED) is 0.909. The van der Waals surface area contributed by atoms with Gasteiger partial charge in [-0.05, 0) is 24.6 Å². The number of benzene rings is 1. The van der Waals surface area contributed by atoms with E-state index < -0.39 is 0 Å². The summed E-state index contributed by atoms with van der Waals surface area (Å²) in [5.41, 5.74) is 7.14. The minimum Gasteiger partial charge on any atom is -0.437 e. The van der Waals surface area contributed by atoms with E-state index in [1.807, 2.05) is 19.1 Å². The summed E-state index contributed by atoms with van der Waals surface area (Å²) in [4.78, 5) is 8.21. The fourth-order valence-electron chi connectivity index (χ4n) is 1.30. The van der Waals surface area contributed by atoms with E-state index >= 15 is 0 Å². The number of aromatic nitrogens is 2. The molecule has 88 valence electrons. The van der Waals surface area contributed by atoms with Crippen molar-refractivity contribution in [3.8, 4) is 11.6 Å². The SMILES string of the molecule is Cc1ccc(Cl)cc1Oc1cnc(CN)cn1. The van der Waals surface area contributed by atoms with E-state index in [4.69, 9.17) is 22.1 Å². The highest BCUT2D eigenvalue weighted by molar-refractivity contribution is 6.30. The lowest BCUT2D eigenvalue weighted by molar-refractivity contribution is 0.456. The third-order valence-electron chi connectivity index (χ3n) is 2.26. The number of rotatable bonds is 3. The van der Waals surface area contributed by atoms with Gasteiger partial charge in [0, 0.05) is 11.6 Å². The number of halogens is 1. The molecular weight excluding hydrogens is 238 g/mol. The molecule has 1 aromatic carbocycles. The van der Waals surface area contributed by atoms with Crippen LogP contribution in [0.3, 0.4) is 0 Å². The summed E-state index contributed by atoms with van der Waals surface area (Å²) >= 11 is 5.90. The van der Waals surface area contributed by atoms with Gasteiger partial charge in [-0.25, -0.2) is 4.98 Å². The van der Waals surface area contributed by atoms with Gasteiger partial charge >= 0.3 is 0 Å². The molecule has 1 aromatic heterocycles. The van der Waals surface area contributed by atoms with Gasteiger partial charge < -0.3 is 10.5 Å². The van der Waals surface area contributed by atoms with Crippen molar-refractivity contribution in [3.63, 3.8) is 0 Å². The molecule has 0 aliphatic rings. The molecule has 0 atom stereocenters. The van der Waals surface area contributed by atoms with Crippen LogP contribution in [0.5, 0.6) is 11.6 Å². The van der Waals surface area contributed by atoms with Crippen LogP contribution in [0.2, 0.25) is 5.02 Å². The Labute approximate surface area is 104 Å². The zero-order valence-corrected chi connectivity index (χ0v) is 10.1. The molecule has 17 heavy (non-hydrogen) atoms. The molecule has 2 aromatic rings. The Morgan fingerprint density at radius 3 is 2.76 bits per heavy atom. The van der Waals surface area contributed by atoms with Crippen LogP contribution in [0.15, 0.2) is 30.6 Å². The third kappa shape index (κ3) is 2.93. The van der Waals surface area contributed by atoms with Crippen LogP contribution in [0, 0.1) is 6.92 Å². The normalized spacial score (nSPS) is 10.3. The van der Waals surface area contributed by atoms with E-state index in [1.165, 1.54) is 0 Å². The van der Waals surface area contributed by atoms with Gasteiger partial charge in [-0.15, -0.1) is 0 Å². The summed E-state index contributed by atoms with van der Waals surface area (Å²) in [6, 6.07) is 5.45. The Morgan fingerprint density at radius 2 is 2.12 bits per heavy atom. The largest absolute Gasteiger partial charge is 0.437 e. The molecular formula is C12H12ClN3O. The third-order valence-corrected chi connectivity index (χ3v) is 2.49. The Morgan fingerprint density at radius 1 is 1.29 bits per heavy atom. The van der Waals surface area contributed by atoms with E-state index in [0.29, 0.717) is 23.2 Å². The number of hydrogen-bond donors (Lipinski definition) is 1. The van der Waals surface area contributed by atoms with Crippen molar-refractivity contribution in [2.24, 2.45) is 5.73 Å². The van der Waals surface area contributed by atoms with Crippen molar-refractivity contribution >= 4 is 11.6 Å². The maximum Gasteiger partial charge on any atom is 0.237 e. The van der Waals surface area contributed by atoms with E-state index in [2.05, 4.69) is 9.97 Å². The lowest BCUT2D eigenvalue weighted by Crippen LogP contribution is -2.00. The number of hydrogen-bond acceptors (Lipinski definition) is 4. The minimum absolute atomic E-state index is 0.365. The van der Waals surface area contributed by atoms with E-state index in [0.717, 1.165) is 11.3 Å². The smallest absolute Gasteiger partial charge is 0.237 e. The van der Waals surface area contributed by atoms with Gasteiger partial charge in [-0.2, -0.15) is 0 Å². The second kappa shape index (κ2) is 5.12. The summed E-state index contributed by atoms with van der Waals surface area (Å²) in [5, 5.41) is 0.622. The molecule has 0 saturated carbocycles. The summed E-state index contributed by atoms with van der Waals surface area (Å²) < 4.78 is 5.59. The fraction of sp³-hybridized carbons (Fsp3) is 0.167. The molecule has 0 aliphatic carbocycles. The lowest BCUT2D eigenvalue weighted by Gasteiger charge is -2.07. The number of nitrogens with zero attached hydrogens (tertiary/aromatic N) is 2. The van der Waals surface area contributed by atoms with Crippen LogP contribution < -0.4 is 10.5 Å². The lowest BCUT2D eigenvalue weighted by atomic mass is 10.2. The first-order chi connectivity index (χ1) is 8.19. The Bertz CT molecular complexity index is 514. The summed E-state index contributed by atoms with van der Waals surface area (Å²) in [6.45, 7) is 2.30. The van der Waals surface area contributed by atoms with Crippen LogP contribution in [0.25, 0.3) is 0 Å². The molecule has 0 spiro atoms. The van der Waals surface area contributed by atoms with Crippen molar-refractivity contribution in [1.82, 2.24) is 9.97 Å². The first kappa shape index (κ1) is 11.8. The molecule has 5 heteroatoms. The maximum atomic E-state index is 5.90. The fourth-order valence-corrected chi connectivity index (χ4v) is 1.46. The Kier molecular flexibility index (Phi) is 3.56. The van der Waals surface area contributed by atoms with Crippen molar-refractivity contribution in [2.75, 3.05) is 0 Å². The Hall–Kier alpha value is -1.65. The van der Waals surface area contributed by atoms with Gasteiger partial charge in [-0.1, -0.05) is 17.7 Å². The zero-order valence-electron chi connectivity index (χ0n) is 9.35. The standard InChI is InChI=1S/C12H12ClN3O/c1-8-2-3-9(13)4-11(8)17-12-7-15-10(5-14)6-16-12/h2-4,6-7H,5,14H2,1H3. The second-order valence-electron chi connectivity index (χ2n) is 3.56. The zero-order chi connectivity index (χ0) is 12.3. The first-order valence-electron chi connectivity index (χ1n) is 5.14. The molecule has 2 N–H and O–H groups in total. The topological polar surface area (TPSA) is 61.0 Å². The molecule has 0 unspecified atom stereocenters. The summed E-state index contributed by atoms with van der Waals surface area (Å²) in [6.07, 6.45) is 3.14. The molecule has 2 rings (SSSR count). The number of nitrogens with two attached hydrogens (primary N) is 1. The molecule has 0 aliphatic heterocycles. The van der Waals surface area contributed by atoms with Crippen molar-refractivity contribution in [2.45, 2.75) is 13.5 Å². The minimum atomic E-state index is 0.365. The van der Waals surface area contributed by atoms with Gasteiger partial charge in [0.25, 0.3) is 0 Å². The van der Waals surface area contributed by atoms with E-state index in [-0.39, 0.29) is 0 Å². The average Bonchev–Trinajstić information content (AvgIpc) is 2.35. The van der Waals surface area contributed by atoms with E-state index in [9.17, 15) is 0 Å². The predicted octanol–water partition coefficient (Wildman–Crippen LogP) is 2.69. The molecule has 0 bridgehead atoms. The van der Waals surface area contributed by atoms with E-state index in [1.54, 1.807) is 18.5 Å². The highest BCUT2D eigenvalue weighted by Gasteiger charge is 2.04. The van der Waals surface area contributed by atoms with Gasteiger partial charge in [0.15, 0.2) is 0 Å². The highest BCUT2D eigenvalue weighted by Crippen LogP contribution is 2.26. The highest BCUT2D eigenvalue weighted by atomic mass is 35.5. The maximum absolute atomic E-state index is 5.90. The molecule has 0 amide bonds. The summed E-state index contributed by atoms with van der Waals surface area (Å²) in [7, 11) is 0. The second-order valence-corrected chi connectivity index (χ2v) is 4.00. The van der Waals surface area contributed by atoms with Crippen LogP contribution in [0.4, 0.5) is 0 Å². The monoisotopic (exact) mass is 249 g/mol. The molecule has 1 heterocycles. The average molecular weight is 250 g/mol. The summed E-state index contributed by atoms with van der Waals surface area (Å²) in [5.74, 6) is 1.10. The van der Waals surface area contributed by atoms with Crippen molar-refractivity contribution in [1.29, 1.82) is 0 Å². The number of aryl methyl sites for hydroxylation is 1. The van der Waals surface area contributed by atoms with Gasteiger partial charge in [0.2, 0.25) is 5.88 Å². The molecule has 0 saturated heterocycles. The van der Waals surface area contributed by atoms with Crippen LogP contribution in [-0.4, -0.2) is 9.97 Å². The first-order valence-corrected chi connectivity index (χ1v) is 5.52. The van der Waals surface area contributed by atoms with Crippen molar-refractivity contribution < 1.29 is 4.74 Å². The van der Waals surface area contributed by atoms with Gasteiger partial charge in [-0.3, -0.25) is 4.98 Å². The van der Waals surface area contributed by atoms with Crippen LogP contribution in [0.1, 0.15) is 11.3 Å². The molecule has 0 fully saturated rings. The Balaban J connectivity index is 2.22.